The molecule has 31 heavy (non-hydrogen) atoms. The molecule has 8 heteroatoms. The zero-order chi connectivity index (χ0) is 22.6. The molecule has 0 heterocycles. The van der Waals surface area contributed by atoms with Crippen molar-refractivity contribution in [3.05, 3.63) is 83.7 Å². The molecule has 1 amide bonds. The molecule has 0 spiro atoms. The van der Waals surface area contributed by atoms with Gasteiger partial charge in [0.15, 0.2) is 0 Å². The maximum atomic E-state index is 13.6. The van der Waals surface area contributed by atoms with Crippen molar-refractivity contribution < 1.29 is 22.3 Å². The highest BCUT2D eigenvalue weighted by atomic mass is 32.2. The van der Waals surface area contributed by atoms with Crippen LogP contribution in [0.4, 0.5) is 15.8 Å². The Balaban J connectivity index is 1.96. The lowest BCUT2D eigenvalue weighted by Crippen LogP contribution is -2.38. The monoisotopic (exact) mass is 442 g/mol. The lowest BCUT2D eigenvalue weighted by Gasteiger charge is -2.24. The Morgan fingerprint density at radius 2 is 1.65 bits per heavy atom. The van der Waals surface area contributed by atoms with Gasteiger partial charge in [-0.15, -0.1) is 0 Å². The Morgan fingerprint density at radius 1 is 1.00 bits per heavy atom. The molecular formula is C23H23FN2O4S. The molecule has 0 saturated carbocycles. The Morgan fingerprint density at radius 3 is 2.26 bits per heavy atom. The Kier molecular flexibility index (Phi) is 6.60. The second-order valence-corrected chi connectivity index (χ2v) is 8.89. The number of methoxy groups -OCH3 is 1. The van der Waals surface area contributed by atoms with Gasteiger partial charge in [0.1, 0.15) is 18.1 Å². The van der Waals surface area contributed by atoms with Crippen molar-refractivity contribution in [3.63, 3.8) is 0 Å². The van der Waals surface area contributed by atoms with Gasteiger partial charge in [0, 0.05) is 5.69 Å². The number of aryl methyl sites for hydroxylation is 2. The van der Waals surface area contributed by atoms with Crippen LogP contribution < -0.4 is 14.4 Å². The van der Waals surface area contributed by atoms with Crippen LogP contribution in [0.15, 0.2) is 71.6 Å². The molecule has 0 atom stereocenters. The first-order chi connectivity index (χ1) is 14.7. The molecule has 162 valence electrons. The third-order valence-corrected chi connectivity index (χ3v) is 6.52. The quantitative estimate of drug-likeness (QED) is 0.592. The van der Waals surface area contributed by atoms with Crippen LogP contribution in [-0.4, -0.2) is 28.0 Å². The second kappa shape index (κ2) is 9.18. The molecular weight excluding hydrogens is 419 g/mol. The van der Waals surface area contributed by atoms with E-state index in [0.717, 1.165) is 9.87 Å². The third-order valence-electron chi connectivity index (χ3n) is 4.73. The number of rotatable bonds is 7. The van der Waals surface area contributed by atoms with Crippen molar-refractivity contribution in [1.82, 2.24) is 0 Å². The number of amides is 1. The smallest absolute Gasteiger partial charge is 0.264 e. The first kappa shape index (κ1) is 22.3. The van der Waals surface area contributed by atoms with Crippen LogP contribution in [-0.2, 0) is 14.8 Å². The number of benzene rings is 3. The van der Waals surface area contributed by atoms with Crippen molar-refractivity contribution in [1.29, 1.82) is 0 Å². The minimum absolute atomic E-state index is 0.0589. The molecule has 3 rings (SSSR count). The van der Waals surface area contributed by atoms with E-state index < -0.39 is 28.3 Å². The lowest BCUT2D eigenvalue weighted by molar-refractivity contribution is -0.114. The van der Waals surface area contributed by atoms with Crippen LogP contribution in [0.25, 0.3) is 0 Å². The Hall–Kier alpha value is -3.39. The summed E-state index contributed by atoms with van der Waals surface area (Å²) in [5.74, 6) is -0.545. The maximum absolute atomic E-state index is 13.6. The third kappa shape index (κ3) is 5.21. The highest BCUT2D eigenvalue weighted by Gasteiger charge is 2.27. The molecule has 6 nitrogen and oxygen atoms in total. The molecule has 0 radical (unpaired) electrons. The summed E-state index contributed by atoms with van der Waals surface area (Å²) in [6.45, 7) is 3.09. The van der Waals surface area contributed by atoms with Crippen molar-refractivity contribution >= 4 is 27.3 Å². The molecule has 3 aromatic rings. The fraction of sp³-hybridized carbons (Fsp3) is 0.174. The van der Waals surface area contributed by atoms with Crippen LogP contribution in [0.2, 0.25) is 0 Å². The Labute approximate surface area is 181 Å². The lowest BCUT2D eigenvalue weighted by atomic mass is 10.2. The summed E-state index contributed by atoms with van der Waals surface area (Å²) in [5.41, 5.74) is 2.15. The van der Waals surface area contributed by atoms with Gasteiger partial charge < -0.3 is 10.1 Å². The summed E-state index contributed by atoms with van der Waals surface area (Å²) in [5, 5.41) is 2.60. The fourth-order valence-electron chi connectivity index (χ4n) is 2.95. The molecule has 3 aromatic carbocycles. The van der Waals surface area contributed by atoms with E-state index in [0.29, 0.717) is 17.0 Å². The summed E-state index contributed by atoms with van der Waals surface area (Å²) in [4.78, 5) is 12.8. The van der Waals surface area contributed by atoms with Crippen molar-refractivity contribution in [2.45, 2.75) is 18.7 Å². The van der Waals surface area contributed by atoms with E-state index in [4.69, 9.17) is 4.74 Å². The number of hydrogen-bond acceptors (Lipinski definition) is 4. The predicted octanol–water partition coefficient (Wildman–Crippen LogP) is 4.29. The van der Waals surface area contributed by atoms with Crippen LogP contribution >= 0.6 is 0 Å². The molecule has 0 aliphatic carbocycles. The van der Waals surface area contributed by atoms with E-state index in [1.807, 2.05) is 6.92 Å². The summed E-state index contributed by atoms with van der Waals surface area (Å²) >= 11 is 0. The first-order valence-corrected chi connectivity index (χ1v) is 10.9. The van der Waals surface area contributed by atoms with Crippen molar-refractivity contribution in [2.75, 3.05) is 23.3 Å². The topological polar surface area (TPSA) is 75.7 Å². The van der Waals surface area contributed by atoms with Gasteiger partial charge in [-0.2, -0.15) is 0 Å². The number of ether oxygens (including phenoxy) is 1. The van der Waals surface area contributed by atoms with Crippen LogP contribution in [0, 0.1) is 19.7 Å². The number of halogens is 1. The van der Waals surface area contributed by atoms with Gasteiger partial charge in [-0.05, 0) is 67.9 Å². The zero-order valence-corrected chi connectivity index (χ0v) is 18.2. The molecule has 0 aliphatic heterocycles. The zero-order valence-electron chi connectivity index (χ0n) is 17.4. The van der Waals surface area contributed by atoms with E-state index in [2.05, 4.69) is 5.32 Å². The van der Waals surface area contributed by atoms with Crippen LogP contribution in [0.3, 0.4) is 0 Å². The number of carbonyl (C=O) groups is 1. The molecule has 0 saturated heterocycles. The molecule has 1 N–H and O–H groups in total. The number of hydrogen-bond donors (Lipinski definition) is 1. The number of nitrogens with zero attached hydrogens (tertiary/aromatic N) is 1. The van der Waals surface area contributed by atoms with Gasteiger partial charge in [0.05, 0.1) is 17.7 Å². The van der Waals surface area contributed by atoms with Gasteiger partial charge in [0.25, 0.3) is 10.0 Å². The fourth-order valence-corrected chi connectivity index (χ4v) is 4.37. The summed E-state index contributed by atoms with van der Waals surface area (Å²) in [6, 6.07) is 16.7. The minimum atomic E-state index is -4.04. The van der Waals surface area contributed by atoms with Crippen LogP contribution in [0.1, 0.15) is 11.1 Å². The highest BCUT2D eigenvalue weighted by molar-refractivity contribution is 7.92. The second-order valence-electron chi connectivity index (χ2n) is 7.03. The van der Waals surface area contributed by atoms with Gasteiger partial charge in [-0.1, -0.05) is 23.8 Å². The molecule has 0 unspecified atom stereocenters. The van der Waals surface area contributed by atoms with Gasteiger partial charge in [-0.25, -0.2) is 12.8 Å². The van der Waals surface area contributed by atoms with Crippen molar-refractivity contribution in [3.8, 4) is 5.75 Å². The minimum Gasteiger partial charge on any atom is -0.497 e. The number of nitrogens with one attached hydrogen (secondary N) is 1. The standard InChI is InChI=1S/C23H23FN2O4S/c1-16-4-12-21(13-5-16)31(28,29)26(19-8-10-20(30-3)11-9-19)15-23(27)25-22-14-18(24)7-6-17(22)2/h4-14H,15H2,1-3H3,(H,25,27). The van der Waals surface area contributed by atoms with Gasteiger partial charge in [0.2, 0.25) is 5.91 Å². The first-order valence-electron chi connectivity index (χ1n) is 9.50. The molecule has 0 aliphatic rings. The summed E-state index contributed by atoms with van der Waals surface area (Å²) in [6.07, 6.45) is 0. The largest absolute Gasteiger partial charge is 0.497 e. The molecule has 0 aromatic heterocycles. The van der Waals surface area contributed by atoms with E-state index in [1.54, 1.807) is 43.3 Å². The summed E-state index contributed by atoms with van der Waals surface area (Å²) < 4.78 is 46.4. The van der Waals surface area contributed by atoms with Crippen LogP contribution in [0.5, 0.6) is 5.75 Å². The van der Waals surface area contributed by atoms with Gasteiger partial charge >= 0.3 is 0 Å². The molecule has 0 bridgehead atoms. The van der Waals surface area contributed by atoms with E-state index in [1.165, 1.54) is 37.4 Å². The highest BCUT2D eigenvalue weighted by Crippen LogP contribution is 2.26. The summed E-state index contributed by atoms with van der Waals surface area (Å²) in [7, 11) is -2.53. The number of carbonyl (C=O) groups excluding carboxylic acids is 1. The number of sulfonamides is 1. The SMILES string of the molecule is COc1ccc(N(CC(=O)Nc2cc(F)ccc2C)S(=O)(=O)c2ccc(C)cc2)cc1. The maximum Gasteiger partial charge on any atom is 0.264 e. The number of anilines is 2. The van der Waals surface area contributed by atoms with E-state index >= 15 is 0 Å². The average Bonchev–Trinajstić information content (AvgIpc) is 2.75. The van der Waals surface area contributed by atoms with E-state index in [9.17, 15) is 17.6 Å². The molecule has 0 fully saturated rings. The van der Waals surface area contributed by atoms with E-state index in [-0.39, 0.29) is 10.6 Å². The van der Waals surface area contributed by atoms with Crippen molar-refractivity contribution in [2.24, 2.45) is 0 Å². The normalized spacial score (nSPS) is 11.1. The predicted molar refractivity (Wildman–Crippen MR) is 118 cm³/mol. The Bertz CT molecular complexity index is 1180. The average molecular weight is 443 g/mol. The van der Waals surface area contributed by atoms with Gasteiger partial charge in [-0.3, -0.25) is 9.10 Å².